The third-order valence-corrected chi connectivity index (χ3v) is 4.36. The lowest BCUT2D eigenvalue weighted by Crippen LogP contribution is -2.10. The number of benzene rings is 2. The number of hydrogen-bond acceptors (Lipinski definition) is 7. The summed E-state index contributed by atoms with van der Waals surface area (Å²) < 4.78 is 51.2. The van der Waals surface area contributed by atoms with E-state index in [4.69, 9.17) is 14.2 Å². The quantitative estimate of drug-likeness (QED) is 0.482. The maximum absolute atomic E-state index is 13.8. The van der Waals surface area contributed by atoms with Crippen LogP contribution in [0.2, 0.25) is 0 Å². The van der Waals surface area contributed by atoms with Gasteiger partial charge in [-0.25, -0.2) is 4.79 Å². The number of aliphatic hydroxyl groups is 1. The second-order valence-corrected chi connectivity index (χ2v) is 6.39. The van der Waals surface area contributed by atoms with Crippen LogP contribution in [0.1, 0.15) is 17.2 Å². The summed E-state index contributed by atoms with van der Waals surface area (Å²) >= 11 is 0. The predicted molar refractivity (Wildman–Crippen MR) is 98.3 cm³/mol. The fourth-order valence-corrected chi connectivity index (χ4v) is 2.88. The van der Waals surface area contributed by atoms with Crippen LogP contribution < -0.4 is 0 Å². The van der Waals surface area contributed by atoms with Crippen LogP contribution in [0, 0.1) is 0 Å². The van der Waals surface area contributed by atoms with Gasteiger partial charge in [-0.2, -0.15) is 18.2 Å². The lowest BCUT2D eigenvalue weighted by Gasteiger charge is -2.06. The summed E-state index contributed by atoms with van der Waals surface area (Å²) in [7, 11) is 0. The van der Waals surface area contributed by atoms with E-state index in [2.05, 4.69) is 15.3 Å². The molecule has 8 nitrogen and oxygen atoms in total. The van der Waals surface area contributed by atoms with E-state index in [1.807, 2.05) is 0 Å². The first-order valence-corrected chi connectivity index (χ1v) is 8.73. The number of hydrogen-bond donors (Lipinski definition) is 2. The van der Waals surface area contributed by atoms with Crippen molar-refractivity contribution in [3.8, 4) is 34.3 Å². The number of aliphatic hydroxyl groups excluding tert-OH is 1. The Morgan fingerprint density at radius 3 is 2.23 bits per heavy atom. The molecule has 2 heterocycles. The van der Waals surface area contributed by atoms with Crippen molar-refractivity contribution in [3.05, 3.63) is 65.7 Å². The zero-order valence-electron chi connectivity index (χ0n) is 15.4. The first kappa shape index (κ1) is 20.3. The molecule has 0 bridgehead atoms. The number of aromatic nitrogens is 3. The maximum atomic E-state index is 13.8. The van der Waals surface area contributed by atoms with E-state index in [1.165, 1.54) is 36.4 Å². The van der Waals surface area contributed by atoms with Gasteiger partial charge in [0.1, 0.15) is 5.56 Å². The van der Waals surface area contributed by atoms with Crippen molar-refractivity contribution in [1.29, 1.82) is 0 Å². The molecule has 0 unspecified atom stereocenters. The topological polar surface area (TPSA) is 122 Å². The molecule has 0 amide bonds. The van der Waals surface area contributed by atoms with E-state index < -0.39 is 41.2 Å². The standard InChI is InChI=1S/C20H12F3N3O5/c21-20(22,23)13-14(25-30-16(13)11-4-2-1-3-5-11)18-24-17(26-31-18)12-8-6-10(7-9-12)15(27)19(28)29/h1-9,15,27H,(H,28,29)/t15-/m1/s1. The van der Waals surface area contributed by atoms with E-state index in [9.17, 15) is 23.1 Å². The van der Waals surface area contributed by atoms with Crippen molar-refractivity contribution in [1.82, 2.24) is 15.3 Å². The van der Waals surface area contributed by atoms with E-state index in [-0.39, 0.29) is 17.0 Å². The first-order chi connectivity index (χ1) is 14.8. The van der Waals surface area contributed by atoms with Crippen LogP contribution in [0.4, 0.5) is 13.2 Å². The second-order valence-electron chi connectivity index (χ2n) is 6.39. The predicted octanol–water partition coefficient (Wildman–Crippen LogP) is 4.20. The van der Waals surface area contributed by atoms with Gasteiger partial charge < -0.3 is 19.3 Å². The lowest BCUT2D eigenvalue weighted by molar-refractivity contribution is -0.147. The average molecular weight is 431 g/mol. The molecule has 0 aliphatic heterocycles. The van der Waals surface area contributed by atoms with Gasteiger partial charge in [0.15, 0.2) is 17.6 Å². The Kier molecular flexibility index (Phi) is 5.03. The summed E-state index contributed by atoms with van der Waals surface area (Å²) in [6.45, 7) is 0. The molecule has 0 spiro atoms. The van der Waals surface area contributed by atoms with Crippen LogP contribution in [-0.2, 0) is 11.0 Å². The van der Waals surface area contributed by atoms with Crippen LogP contribution in [-0.4, -0.2) is 31.5 Å². The van der Waals surface area contributed by atoms with Crippen molar-refractivity contribution in [2.75, 3.05) is 0 Å². The fraction of sp³-hybridized carbons (Fsp3) is 0.100. The molecule has 2 N–H and O–H groups in total. The molecule has 0 saturated carbocycles. The molecule has 0 aliphatic rings. The molecule has 11 heteroatoms. The van der Waals surface area contributed by atoms with E-state index in [0.717, 1.165) is 0 Å². The molecular weight excluding hydrogens is 419 g/mol. The number of nitrogens with zero attached hydrogens (tertiary/aromatic N) is 3. The van der Waals surface area contributed by atoms with Crippen LogP contribution in [0.5, 0.6) is 0 Å². The minimum absolute atomic E-state index is 0.0521. The SMILES string of the molecule is O=C(O)[C@H](O)c1ccc(-c2noc(-c3noc(-c4ccccc4)c3C(F)(F)F)n2)cc1. The van der Waals surface area contributed by atoms with Crippen molar-refractivity contribution >= 4 is 5.97 Å². The monoisotopic (exact) mass is 431 g/mol. The molecule has 4 aromatic rings. The number of carboxylic acids is 1. The summed E-state index contributed by atoms with van der Waals surface area (Å²) in [6.07, 6.45) is -6.51. The van der Waals surface area contributed by atoms with Crippen LogP contribution >= 0.6 is 0 Å². The van der Waals surface area contributed by atoms with Gasteiger partial charge >= 0.3 is 12.1 Å². The van der Waals surface area contributed by atoms with Gasteiger partial charge in [0.2, 0.25) is 5.82 Å². The van der Waals surface area contributed by atoms with Gasteiger partial charge in [-0.05, 0) is 5.56 Å². The first-order valence-electron chi connectivity index (χ1n) is 8.73. The van der Waals surface area contributed by atoms with Crippen molar-refractivity contribution in [2.45, 2.75) is 12.3 Å². The highest BCUT2D eigenvalue weighted by molar-refractivity contribution is 5.74. The number of carboxylic acid groups (broad SMARTS) is 1. The molecule has 1 atom stereocenters. The zero-order valence-corrected chi connectivity index (χ0v) is 15.4. The molecule has 0 saturated heterocycles. The minimum Gasteiger partial charge on any atom is -0.479 e. The molecular formula is C20H12F3N3O5. The van der Waals surface area contributed by atoms with Gasteiger partial charge in [0, 0.05) is 11.1 Å². The molecule has 0 aliphatic carbocycles. The Morgan fingerprint density at radius 1 is 0.935 bits per heavy atom. The Bertz CT molecular complexity index is 1220. The lowest BCUT2D eigenvalue weighted by atomic mass is 10.1. The number of halogens is 3. The highest BCUT2D eigenvalue weighted by Gasteiger charge is 2.42. The normalized spacial score (nSPS) is 12.6. The molecule has 2 aromatic heterocycles. The second kappa shape index (κ2) is 7.69. The molecule has 0 fully saturated rings. The molecule has 158 valence electrons. The van der Waals surface area contributed by atoms with Gasteiger partial charge in [0.05, 0.1) is 0 Å². The minimum atomic E-state index is -4.80. The number of alkyl halides is 3. The molecule has 0 radical (unpaired) electrons. The molecule has 2 aromatic carbocycles. The number of aliphatic carboxylic acids is 1. The van der Waals surface area contributed by atoms with Gasteiger partial charge in [-0.3, -0.25) is 0 Å². The van der Waals surface area contributed by atoms with Crippen LogP contribution in [0.3, 0.4) is 0 Å². The van der Waals surface area contributed by atoms with Crippen LogP contribution in [0.25, 0.3) is 34.3 Å². The Labute approximate surface area is 171 Å². The van der Waals surface area contributed by atoms with Crippen molar-refractivity contribution in [3.63, 3.8) is 0 Å². The Hall–Kier alpha value is -3.99. The smallest absolute Gasteiger partial charge is 0.422 e. The fourth-order valence-electron chi connectivity index (χ4n) is 2.88. The van der Waals surface area contributed by atoms with Gasteiger partial charge in [-0.15, -0.1) is 0 Å². The average Bonchev–Trinajstić information content (AvgIpc) is 3.41. The molecule has 4 rings (SSSR count). The summed E-state index contributed by atoms with van der Waals surface area (Å²) in [5.74, 6) is -2.45. The molecule has 31 heavy (non-hydrogen) atoms. The summed E-state index contributed by atoms with van der Waals surface area (Å²) in [5, 5.41) is 25.5. The summed E-state index contributed by atoms with van der Waals surface area (Å²) in [5.41, 5.74) is -1.17. The van der Waals surface area contributed by atoms with E-state index in [1.54, 1.807) is 18.2 Å². The van der Waals surface area contributed by atoms with E-state index in [0.29, 0.717) is 5.56 Å². The Balaban J connectivity index is 1.71. The highest BCUT2D eigenvalue weighted by atomic mass is 19.4. The summed E-state index contributed by atoms with van der Waals surface area (Å²) in [6, 6.07) is 13.1. The van der Waals surface area contributed by atoms with Gasteiger partial charge in [0.25, 0.3) is 5.89 Å². The van der Waals surface area contributed by atoms with Crippen molar-refractivity contribution in [2.24, 2.45) is 0 Å². The highest BCUT2D eigenvalue weighted by Crippen LogP contribution is 2.43. The number of rotatable bonds is 5. The zero-order chi connectivity index (χ0) is 22.2. The maximum Gasteiger partial charge on any atom is 0.422 e. The largest absolute Gasteiger partial charge is 0.479 e. The Morgan fingerprint density at radius 2 is 1.61 bits per heavy atom. The third-order valence-electron chi connectivity index (χ3n) is 4.36. The van der Waals surface area contributed by atoms with Gasteiger partial charge in [-0.1, -0.05) is 64.9 Å². The number of carbonyl (C=O) groups is 1. The van der Waals surface area contributed by atoms with E-state index >= 15 is 0 Å². The third kappa shape index (κ3) is 3.90. The van der Waals surface area contributed by atoms with Crippen molar-refractivity contribution < 1.29 is 37.2 Å². The summed E-state index contributed by atoms with van der Waals surface area (Å²) in [4.78, 5) is 14.8. The van der Waals surface area contributed by atoms with Crippen LogP contribution in [0.15, 0.2) is 63.6 Å².